The first-order chi connectivity index (χ1) is 15.8. The SMILES string of the molecule is Cc1ccc(NC(=O)[C@H]2CC(=O)Nc3nc(N4c5ccccc5C[C@@H]4C)[nH]c(=O)c32)c(F)c1. The molecule has 0 aliphatic carbocycles. The number of nitrogens with zero attached hydrogens (tertiary/aromatic N) is 2. The molecule has 1 aromatic heterocycles. The Balaban J connectivity index is 1.52. The molecule has 0 saturated heterocycles. The van der Waals surface area contributed by atoms with E-state index >= 15 is 0 Å². The van der Waals surface area contributed by atoms with Gasteiger partial charge in [0.05, 0.1) is 17.2 Å². The summed E-state index contributed by atoms with van der Waals surface area (Å²) in [5, 5.41) is 5.12. The number of rotatable bonds is 3. The second-order valence-electron chi connectivity index (χ2n) is 8.48. The van der Waals surface area contributed by atoms with Crippen molar-refractivity contribution < 1.29 is 14.0 Å². The molecule has 0 unspecified atom stereocenters. The maximum absolute atomic E-state index is 14.2. The molecule has 3 heterocycles. The van der Waals surface area contributed by atoms with Crippen LogP contribution in [0, 0.1) is 12.7 Å². The molecule has 0 saturated carbocycles. The van der Waals surface area contributed by atoms with E-state index in [-0.39, 0.29) is 29.5 Å². The number of hydrogen-bond acceptors (Lipinski definition) is 5. The molecule has 8 nitrogen and oxygen atoms in total. The zero-order valence-electron chi connectivity index (χ0n) is 18.1. The van der Waals surface area contributed by atoms with Crippen molar-refractivity contribution in [2.45, 2.75) is 38.6 Å². The van der Waals surface area contributed by atoms with Gasteiger partial charge in [0, 0.05) is 18.2 Å². The molecule has 0 radical (unpaired) electrons. The highest BCUT2D eigenvalue weighted by Gasteiger charge is 2.36. The van der Waals surface area contributed by atoms with Gasteiger partial charge < -0.3 is 15.5 Å². The smallest absolute Gasteiger partial charge is 0.258 e. The number of aryl methyl sites for hydroxylation is 1. The second-order valence-corrected chi connectivity index (χ2v) is 8.48. The van der Waals surface area contributed by atoms with E-state index in [9.17, 15) is 18.8 Å². The van der Waals surface area contributed by atoms with Crippen molar-refractivity contribution in [3.05, 3.63) is 75.3 Å². The number of H-pyrrole nitrogens is 1. The molecule has 0 spiro atoms. The van der Waals surface area contributed by atoms with Gasteiger partial charge in [0.1, 0.15) is 11.6 Å². The van der Waals surface area contributed by atoms with Crippen molar-refractivity contribution in [3.8, 4) is 0 Å². The minimum absolute atomic E-state index is 0.0124. The van der Waals surface area contributed by atoms with E-state index < -0.39 is 29.1 Å². The summed E-state index contributed by atoms with van der Waals surface area (Å²) in [7, 11) is 0. The van der Waals surface area contributed by atoms with E-state index in [0.29, 0.717) is 11.5 Å². The maximum atomic E-state index is 14.2. The molecule has 33 heavy (non-hydrogen) atoms. The van der Waals surface area contributed by atoms with Gasteiger partial charge >= 0.3 is 0 Å². The summed E-state index contributed by atoms with van der Waals surface area (Å²) in [6.45, 7) is 3.75. The molecular formula is C24H22FN5O3. The average Bonchev–Trinajstić information content (AvgIpc) is 3.10. The Bertz CT molecular complexity index is 1350. The Hall–Kier alpha value is -4.01. The largest absolute Gasteiger partial charge is 0.323 e. The molecule has 2 aromatic carbocycles. The third-order valence-electron chi connectivity index (χ3n) is 6.07. The summed E-state index contributed by atoms with van der Waals surface area (Å²) in [4.78, 5) is 47.7. The van der Waals surface area contributed by atoms with Crippen LogP contribution in [0.15, 0.2) is 47.3 Å². The number of anilines is 4. The minimum atomic E-state index is -1.09. The predicted octanol–water partition coefficient (Wildman–Crippen LogP) is 3.36. The number of hydrogen-bond donors (Lipinski definition) is 3. The van der Waals surface area contributed by atoms with Crippen LogP contribution >= 0.6 is 0 Å². The highest BCUT2D eigenvalue weighted by atomic mass is 19.1. The fraction of sp³-hybridized carbons (Fsp3) is 0.250. The Kier molecular flexibility index (Phi) is 4.96. The van der Waals surface area contributed by atoms with Crippen LogP contribution in [0.5, 0.6) is 0 Å². The molecule has 0 bridgehead atoms. The summed E-state index contributed by atoms with van der Waals surface area (Å²) in [5.74, 6) is -2.43. The minimum Gasteiger partial charge on any atom is -0.323 e. The molecule has 2 atom stereocenters. The van der Waals surface area contributed by atoms with Gasteiger partial charge in [0.2, 0.25) is 17.8 Å². The quantitative estimate of drug-likeness (QED) is 0.571. The topological polar surface area (TPSA) is 107 Å². The summed E-state index contributed by atoms with van der Waals surface area (Å²) in [6.07, 6.45) is 0.551. The number of amides is 2. The van der Waals surface area contributed by atoms with Crippen LogP contribution in [0.3, 0.4) is 0 Å². The number of aromatic nitrogens is 2. The van der Waals surface area contributed by atoms with Crippen molar-refractivity contribution in [1.82, 2.24) is 9.97 Å². The van der Waals surface area contributed by atoms with Gasteiger partial charge in [-0.1, -0.05) is 24.3 Å². The van der Waals surface area contributed by atoms with Gasteiger partial charge in [-0.2, -0.15) is 4.98 Å². The first-order valence-electron chi connectivity index (χ1n) is 10.7. The second kappa shape index (κ2) is 7.84. The molecular weight excluding hydrogens is 425 g/mol. The van der Waals surface area contributed by atoms with E-state index in [1.165, 1.54) is 12.1 Å². The van der Waals surface area contributed by atoms with Gasteiger partial charge in [-0.25, -0.2) is 4.39 Å². The Morgan fingerprint density at radius 3 is 2.76 bits per heavy atom. The zero-order valence-corrected chi connectivity index (χ0v) is 18.1. The predicted molar refractivity (Wildman–Crippen MR) is 122 cm³/mol. The fourth-order valence-electron chi connectivity index (χ4n) is 4.53. The number of carbonyl (C=O) groups is 2. The highest BCUT2D eigenvalue weighted by molar-refractivity contribution is 6.04. The van der Waals surface area contributed by atoms with E-state index in [0.717, 1.165) is 17.7 Å². The first-order valence-corrected chi connectivity index (χ1v) is 10.7. The Morgan fingerprint density at radius 1 is 1.18 bits per heavy atom. The van der Waals surface area contributed by atoms with Gasteiger partial charge in [-0.3, -0.25) is 19.4 Å². The number of carbonyl (C=O) groups excluding carboxylic acids is 2. The van der Waals surface area contributed by atoms with Crippen LogP contribution in [0.1, 0.15) is 36.0 Å². The Morgan fingerprint density at radius 2 is 1.97 bits per heavy atom. The number of benzene rings is 2. The molecule has 3 N–H and O–H groups in total. The third-order valence-corrected chi connectivity index (χ3v) is 6.07. The van der Waals surface area contributed by atoms with Crippen LogP contribution in [0.25, 0.3) is 0 Å². The van der Waals surface area contributed by atoms with Gasteiger partial charge in [-0.05, 0) is 49.6 Å². The van der Waals surface area contributed by atoms with Crippen LogP contribution in [-0.2, 0) is 16.0 Å². The van der Waals surface area contributed by atoms with Crippen molar-refractivity contribution in [1.29, 1.82) is 0 Å². The fourth-order valence-corrected chi connectivity index (χ4v) is 4.53. The molecule has 2 amide bonds. The lowest BCUT2D eigenvalue weighted by atomic mass is 9.92. The summed E-state index contributed by atoms with van der Waals surface area (Å²) in [6, 6.07) is 12.3. The summed E-state index contributed by atoms with van der Waals surface area (Å²) >= 11 is 0. The number of nitrogens with one attached hydrogen (secondary N) is 3. The number of para-hydroxylation sites is 1. The first kappa shape index (κ1) is 20.9. The Labute approximate surface area is 188 Å². The van der Waals surface area contributed by atoms with E-state index in [4.69, 9.17) is 0 Å². The lowest BCUT2D eigenvalue weighted by Crippen LogP contribution is -2.38. The van der Waals surface area contributed by atoms with Gasteiger partial charge in [0.25, 0.3) is 5.56 Å². The summed E-state index contributed by atoms with van der Waals surface area (Å²) < 4.78 is 14.2. The van der Waals surface area contributed by atoms with Crippen molar-refractivity contribution in [3.63, 3.8) is 0 Å². The number of halogens is 1. The molecule has 0 fully saturated rings. The number of fused-ring (bicyclic) bond motifs is 2. The standard InChI is InChI=1S/C24H22FN5O3/c1-12-7-8-17(16(25)9-12)26-22(32)15-11-19(31)27-21-20(15)23(33)29-24(28-21)30-13(2)10-14-5-3-4-6-18(14)30/h3-9,13,15H,10-11H2,1-2H3,(H,26,32)(H2,27,28,29,31,33)/t13-,15-/m0/s1. The summed E-state index contributed by atoms with van der Waals surface area (Å²) in [5.41, 5.74) is 2.30. The van der Waals surface area contributed by atoms with Crippen molar-refractivity contribution in [2.24, 2.45) is 0 Å². The van der Waals surface area contributed by atoms with Crippen LogP contribution in [-0.4, -0.2) is 27.8 Å². The van der Waals surface area contributed by atoms with Crippen molar-refractivity contribution in [2.75, 3.05) is 15.5 Å². The van der Waals surface area contributed by atoms with E-state index in [1.54, 1.807) is 13.0 Å². The monoisotopic (exact) mass is 447 g/mol. The lowest BCUT2D eigenvalue weighted by molar-refractivity contribution is -0.123. The van der Waals surface area contributed by atoms with E-state index in [2.05, 4.69) is 20.6 Å². The number of aromatic amines is 1. The van der Waals surface area contributed by atoms with Gasteiger partial charge in [0.15, 0.2) is 0 Å². The van der Waals surface area contributed by atoms with Gasteiger partial charge in [-0.15, -0.1) is 0 Å². The molecule has 168 valence electrons. The van der Waals surface area contributed by atoms with E-state index in [1.807, 2.05) is 36.1 Å². The normalized spacial score (nSPS) is 19.0. The molecule has 3 aromatic rings. The third kappa shape index (κ3) is 3.65. The van der Waals surface area contributed by atoms with Crippen LogP contribution < -0.4 is 21.1 Å². The van der Waals surface area contributed by atoms with Crippen LogP contribution in [0.2, 0.25) is 0 Å². The molecule has 9 heteroatoms. The van der Waals surface area contributed by atoms with Crippen molar-refractivity contribution >= 4 is 35.0 Å². The zero-order chi connectivity index (χ0) is 23.3. The molecule has 2 aliphatic rings. The lowest BCUT2D eigenvalue weighted by Gasteiger charge is -2.27. The molecule has 5 rings (SSSR count). The molecule has 2 aliphatic heterocycles. The van der Waals surface area contributed by atoms with Crippen LogP contribution in [0.4, 0.5) is 27.5 Å². The highest BCUT2D eigenvalue weighted by Crippen LogP contribution is 2.38. The maximum Gasteiger partial charge on any atom is 0.258 e. The average molecular weight is 447 g/mol.